The van der Waals surface area contributed by atoms with Gasteiger partial charge in [0.2, 0.25) is 11.2 Å². The highest BCUT2D eigenvalue weighted by atomic mass is 32.1. The Kier molecular flexibility index (Phi) is 6.89. The van der Waals surface area contributed by atoms with Crippen LogP contribution in [0.25, 0.3) is 10.6 Å². The standard InChI is InChI=1S/C24H19FN2O5S/c1-2-30-24(29)22-21(31-13-16-6-4-3-5-7-16)20(28)18(14-32-22)23-27-26-19(33-23)12-15-8-10-17(25)11-9-15/h3-11,14H,2,12-13H2,1H3. The average Bonchev–Trinajstić information content (AvgIpc) is 3.28. The summed E-state index contributed by atoms with van der Waals surface area (Å²) in [5.74, 6) is -1.67. The Labute approximate surface area is 192 Å². The zero-order valence-electron chi connectivity index (χ0n) is 17.6. The van der Waals surface area contributed by atoms with Gasteiger partial charge in [-0.25, -0.2) is 9.18 Å². The van der Waals surface area contributed by atoms with Gasteiger partial charge in [0.05, 0.1) is 12.2 Å². The molecule has 0 aliphatic rings. The molecule has 4 aromatic rings. The summed E-state index contributed by atoms with van der Waals surface area (Å²) in [4.78, 5) is 25.6. The SMILES string of the molecule is CCOC(=O)c1occ(-c2nnc(Cc3ccc(F)cc3)s2)c(=O)c1OCc1ccccc1. The Morgan fingerprint density at radius 1 is 1.06 bits per heavy atom. The summed E-state index contributed by atoms with van der Waals surface area (Å²) >= 11 is 1.20. The van der Waals surface area contributed by atoms with E-state index in [2.05, 4.69) is 10.2 Å². The van der Waals surface area contributed by atoms with Crippen LogP contribution in [0.4, 0.5) is 4.39 Å². The molecule has 0 bridgehead atoms. The molecule has 0 aliphatic carbocycles. The van der Waals surface area contributed by atoms with E-state index < -0.39 is 11.4 Å². The summed E-state index contributed by atoms with van der Waals surface area (Å²) in [6.07, 6.45) is 1.59. The van der Waals surface area contributed by atoms with Gasteiger partial charge in [0, 0.05) is 6.42 Å². The first kappa shape index (κ1) is 22.3. The number of rotatable bonds is 8. The number of hydrogen-bond acceptors (Lipinski definition) is 8. The zero-order chi connectivity index (χ0) is 23.2. The molecule has 2 aromatic heterocycles. The third-order valence-corrected chi connectivity index (χ3v) is 5.56. The van der Waals surface area contributed by atoms with Crippen molar-refractivity contribution in [3.05, 3.63) is 98.8 Å². The van der Waals surface area contributed by atoms with Crippen molar-refractivity contribution in [3.63, 3.8) is 0 Å². The molecule has 0 saturated carbocycles. The summed E-state index contributed by atoms with van der Waals surface area (Å²) < 4.78 is 29.3. The maximum absolute atomic E-state index is 13.2. The van der Waals surface area contributed by atoms with Crippen molar-refractivity contribution in [2.75, 3.05) is 6.61 Å². The lowest BCUT2D eigenvalue weighted by atomic mass is 10.2. The number of carbonyl (C=O) groups is 1. The van der Waals surface area contributed by atoms with Crippen LogP contribution in [-0.4, -0.2) is 22.8 Å². The van der Waals surface area contributed by atoms with Crippen LogP contribution in [0.5, 0.6) is 5.75 Å². The second-order valence-electron chi connectivity index (χ2n) is 6.94. The van der Waals surface area contributed by atoms with Gasteiger partial charge in [0.1, 0.15) is 23.7 Å². The first-order valence-corrected chi connectivity index (χ1v) is 10.9. The predicted octanol–water partition coefficient (Wildman–Crippen LogP) is 4.64. The first-order chi connectivity index (χ1) is 16.0. The van der Waals surface area contributed by atoms with Crippen molar-refractivity contribution < 1.29 is 23.1 Å². The van der Waals surface area contributed by atoms with Crippen molar-refractivity contribution in [1.29, 1.82) is 0 Å². The van der Waals surface area contributed by atoms with E-state index in [4.69, 9.17) is 13.9 Å². The molecule has 168 valence electrons. The minimum Gasteiger partial charge on any atom is -0.481 e. The minimum absolute atomic E-state index is 0.0629. The molecule has 0 spiro atoms. The van der Waals surface area contributed by atoms with E-state index >= 15 is 0 Å². The van der Waals surface area contributed by atoms with E-state index in [1.165, 1.54) is 23.5 Å². The Morgan fingerprint density at radius 3 is 2.55 bits per heavy atom. The molecule has 4 rings (SSSR count). The van der Waals surface area contributed by atoms with E-state index in [0.717, 1.165) is 17.4 Å². The van der Waals surface area contributed by atoms with Crippen LogP contribution in [0.15, 0.2) is 70.1 Å². The molecule has 0 N–H and O–H groups in total. The number of nitrogens with zero attached hydrogens (tertiary/aromatic N) is 2. The molecule has 0 atom stereocenters. The highest BCUT2D eigenvalue weighted by molar-refractivity contribution is 7.14. The minimum atomic E-state index is -0.793. The highest BCUT2D eigenvalue weighted by Crippen LogP contribution is 2.27. The van der Waals surface area contributed by atoms with E-state index in [1.807, 2.05) is 30.3 Å². The predicted molar refractivity (Wildman–Crippen MR) is 120 cm³/mol. The van der Waals surface area contributed by atoms with Crippen LogP contribution < -0.4 is 10.2 Å². The fraction of sp³-hybridized carbons (Fsp3) is 0.167. The number of halogens is 1. The number of esters is 1. The quantitative estimate of drug-likeness (QED) is 0.349. The van der Waals surface area contributed by atoms with Crippen LogP contribution in [-0.2, 0) is 17.8 Å². The third kappa shape index (κ3) is 5.32. The Hall–Kier alpha value is -3.85. The largest absolute Gasteiger partial charge is 0.481 e. The Balaban J connectivity index is 1.64. The van der Waals surface area contributed by atoms with Crippen molar-refractivity contribution in [1.82, 2.24) is 10.2 Å². The van der Waals surface area contributed by atoms with Crippen LogP contribution in [0, 0.1) is 5.82 Å². The monoisotopic (exact) mass is 466 g/mol. The molecule has 0 radical (unpaired) electrons. The second kappa shape index (κ2) is 10.2. The fourth-order valence-corrected chi connectivity index (χ4v) is 3.88. The topological polar surface area (TPSA) is 91.5 Å². The normalized spacial score (nSPS) is 10.7. The molecular formula is C24H19FN2O5S. The van der Waals surface area contributed by atoms with Crippen LogP contribution in [0.1, 0.15) is 33.6 Å². The number of ether oxygens (including phenoxy) is 2. The van der Waals surface area contributed by atoms with E-state index in [-0.39, 0.29) is 36.1 Å². The van der Waals surface area contributed by atoms with E-state index in [0.29, 0.717) is 16.4 Å². The number of aromatic nitrogens is 2. The van der Waals surface area contributed by atoms with E-state index in [1.54, 1.807) is 19.1 Å². The molecule has 2 heterocycles. The van der Waals surface area contributed by atoms with Gasteiger partial charge in [0.25, 0.3) is 5.76 Å². The van der Waals surface area contributed by atoms with Crippen LogP contribution in [0.3, 0.4) is 0 Å². The molecule has 9 heteroatoms. The van der Waals surface area contributed by atoms with Crippen molar-refractivity contribution >= 4 is 17.3 Å². The van der Waals surface area contributed by atoms with E-state index in [9.17, 15) is 14.0 Å². The summed E-state index contributed by atoms with van der Waals surface area (Å²) in [6.45, 7) is 1.83. The molecule has 0 fully saturated rings. The summed E-state index contributed by atoms with van der Waals surface area (Å²) in [7, 11) is 0. The molecular weight excluding hydrogens is 447 g/mol. The molecule has 0 aliphatic heterocycles. The molecule has 33 heavy (non-hydrogen) atoms. The summed E-state index contributed by atoms with van der Waals surface area (Å²) in [5.41, 5.74) is 1.24. The smallest absolute Gasteiger partial charge is 0.378 e. The lowest BCUT2D eigenvalue weighted by molar-refractivity contribution is 0.0478. The maximum atomic E-state index is 13.2. The van der Waals surface area contributed by atoms with Gasteiger partial charge >= 0.3 is 5.97 Å². The first-order valence-electron chi connectivity index (χ1n) is 10.1. The van der Waals surface area contributed by atoms with Gasteiger partial charge < -0.3 is 13.9 Å². The second-order valence-corrected chi connectivity index (χ2v) is 8.00. The summed E-state index contributed by atoms with van der Waals surface area (Å²) in [6, 6.07) is 15.3. The van der Waals surface area contributed by atoms with Gasteiger partial charge in [-0.3, -0.25) is 4.79 Å². The number of hydrogen-bond donors (Lipinski definition) is 0. The Morgan fingerprint density at radius 2 is 1.82 bits per heavy atom. The zero-order valence-corrected chi connectivity index (χ0v) is 18.4. The average molecular weight is 466 g/mol. The van der Waals surface area contributed by atoms with Crippen molar-refractivity contribution in [3.8, 4) is 16.3 Å². The highest BCUT2D eigenvalue weighted by Gasteiger charge is 2.25. The van der Waals surface area contributed by atoms with Gasteiger partial charge in [-0.2, -0.15) is 0 Å². The number of carbonyl (C=O) groups excluding carboxylic acids is 1. The Bertz CT molecular complexity index is 1300. The van der Waals surface area contributed by atoms with Gasteiger partial charge in [-0.05, 0) is 30.2 Å². The molecule has 2 aromatic carbocycles. The molecule has 0 amide bonds. The van der Waals surface area contributed by atoms with Gasteiger partial charge in [-0.15, -0.1) is 10.2 Å². The summed E-state index contributed by atoms with van der Waals surface area (Å²) in [5, 5.41) is 9.17. The van der Waals surface area contributed by atoms with Gasteiger partial charge in [0.15, 0.2) is 5.01 Å². The lowest BCUT2D eigenvalue weighted by Gasteiger charge is -2.10. The van der Waals surface area contributed by atoms with Crippen molar-refractivity contribution in [2.24, 2.45) is 0 Å². The molecule has 0 unspecified atom stereocenters. The lowest BCUT2D eigenvalue weighted by Crippen LogP contribution is -2.17. The maximum Gasteiger partial charge on any atom is 0.378 e. The third-order valence-electron chi connectivity index (χ3n) is 4.60. The van der Waals surface area contributed by atoms with Crippen LogP contribution in [0.2, 0.25) is 0 Å². The fourth-order valence-electron chi connectivity index (χ4n) is 3.01. The molecule has 7 nitrogen and oxygen atoms in total. The number of benzene rings is 2. The van der Waals surface area contributed by atoms with Gasteiger partial charge in [-0.1, -0.05) is 53.8 Å². The van der Waals surface area contributed by atoms with Crippen molar-refractivity contribution in [2.45, 2.75) is 20.0 Å². The molecule has 0 saturated heterocycles. The van der Waals surface area contributed by atoms with Crippen LogP contribution >= 0.6 is 11.3 Å².